The molecule has 0 saturated heterocycles. The highest BCUT2D eigenvalue weighted by molar-refractivity contribution is 6.24. The first-order chi connectivity index (χ1) is 17.3. The van der Waals surface area contributed by atoms with E-state index in [0.717, 1.165) is 0 Å². The zero-order chi connectivity index (χ0) is 27.6. The molecule has 1 amide bonds. The van der Waals surface area contributed by atoms with Crippen molar-refractivity contribution < 1.29 is 44.3 Å². The van der Waals surface area contributed by atoms with Crippen LogP contribution in [0.4, 0.5) is 4.39 Å². The zero-order valence-corrected chi connectivity index (χ0v) is 20.5. The van der Waals surface area contributed by atoms with Gasteiger partial charge in [-0.15, -0.1) is 0 Å². The Balaban J connectivity index is 1.97. The highest BCUT2D eigenvalue weighted by Gasteiger charge is 2.68. The largest absolute Gasteiger partial charge is 0.508 e. The first kappa shape index (κ1) is 26.7. The minimum Gasteiger partial charge on any atom is -0.508 e. The molecule has 0 spiro atoms. The summed E-state index contributed by atoms with van der Waals surface area (Å²) in [6.45, 7) is 1.11. The van der Waals surface area contributed by atoms with Crippen LogP contribution < -0.4 is 11.1 Å². The summed E-state index contributed by atoms with van der Waals surface area (Å²) < 4.78 is 12.5. The van der Waals surface area contributed by atoms with Gasteiger partial charge in [-0.25, -0.2) is 4.39 Å². The molecule has 1 aromatic rings. The van der Waals surface area contributed by atoms with Crippen molar-refractivity contribution in [3.05, 3.63) is 45.7 Å². The number of carbonyl (C=O) groups is 3. The van der Waals surface area contributed by atoms with Gasteiger partial charge in [-0.3, -0.25) is 19.3 Å². The number of nitrogens with one attached hydrogen (secondary N) is 1. The average molecular weight is 520 g/mol. The summed E-state index contributed by atoms with van der Waals surface area (Å²) in [6, 6.07) is 1.77. The van der Waals surface area contributed by atoms with Crippen molar-refractivity contribution in [1.82, 2.24) is 10.2 Å². The number of nitrogens with two attached hydrogens (primary N) is 1. The van der Waals surface area contributed by atoms with Gasteiger partial charge in [0.1, 0.15) is 29.5 Å². The van der Waals surface area contributed by atoms with E-state index in [2.05, 4.69) is 5.32 Å². The fourth-order valence-electron chi connectivity index (χ4n) is 6.09. The van der Waals surface area contributed by atoms with Crippen LogP contribution in [0.15, 0.2) is 29.0 Å². The summed E-state index contributed by atoms with van der Waals surface area (Å²) in [5.74, 6) is -9.35. The van der Waals surface area contributed by atoms with E-state index in [1.165, 1.54) is 19.0 Å². The molecule has 0 heterocycles. The molecule has 0 aliphatic heterocycles. The topological polar surface area (TPSA) is 194 Å². The number of Topliss-reactive ketones (excluding diaryl/α,β-unsaturated/α-hetero) is 2. The summed E-state index contributed by atoms with van der Waals surface area (Å²) in [6.07, 6.45) is -1.65. The fraction of sp³-hybridized carbons (Fsp3) is 0.480. The Morgan fingerprint density at radius 2 is 1.86 bits per heavy atom. The van der Waals surface area contributed by atoms with Crippen LogP contribution in [0.2, 0.25) is 0 Å². The average Bonchev–Trinajstić information content (AvgIpc) is 2.82. The number of hydrogen-bond donors (Lipinski definition) is 7. The van der Waals surface area contributed by atoms with Crippen LogP contribution >= 0.6 is 0 Å². The molecule has 6 atom stereocenters. The monoisotopic (exact) mass is 519 g/mol. The maximum atomic E-state index is 13.9. The van der Waals surface area contributed by atoms with Gasteiger partial charge in [0.25, 0.3) is 5.91 Å². The molecule has 0 radical (unpaired) electrons. The molecular formula is C25H30FN3O8. The first-order valence-corrected chi connectivity index (χ1v) is 11.8. The highest BCUT2D eigenvalue weighted by atomic mass is 19.1. The Morgan fingerprint density at radius 1 is 1.22 bits per heavy atom. The maximum absolute atomic E-state index is 13.9. The van der Waals surface area contributed by atoms with Gasteiger partial charge >= 0.3 is 0 Å². The third-order valence-corrected chi connectivity index (χ3v) is 7.80. The Kier molecular flexibility index (Phi) is 6.65. The Morgan fingerprint density at radius 3 is 2.43 bits per heavy atom. The van der Waals surface area contributed by atoms with Crippen molar-refractivity contribution in [2.45, 2.75) is 37.1 Å². The third-order valence-electron chi connectivity index (χ3n) is 7.80. The minimum atomic E-state index is -2.96. The molecule has 12 heteroatoms. The van der Waals surface area contributed by atoms with Gasteiger partial charge in [0, 0.05) is 30.1 Å². The lowest BCUT2D eigenvalue weighted by molar-refractivity contribution is -0.169. The van der Waals surface area contributed by atoms with Crippen LogP contribution in [0.1, 0.15) is 29.5 Å². The Bertz CT molecular complexity index is 1260. The van der Waals surface area contributed by atoms with Gasteiger partial charge in [0.15, 0.2) is 11.4 Å². The van der Waals surface area contributed by atoms with E-state index >= 15 is 0 Å². The summed E-state index contributed by atoms with van der Waals surface area (Å²) in [4.78, 5) is 40.4. The van der Waals surface area contributed by atoms with Crippen molar-refractivity contribution in [3.8, 4) is 5.75 Å². The molecule has 4 rings (SSSR count). The summed E-state index contributed by atoms with van der Waals surface area (Å²) in [5.41, 5.74) is 1.51. The molecule has 1 aromatic carbocycles. The highest BCUT2D eigenvalue weighted by Crippen LogP contribution is 2.56. The van der Waals surface area contributed by atoms with Gasteiger partial charge in [0.2, 0.25) is 5.78 Å². The van der Waals surface area contributed by atoms with E-state index in [-0.39, 0.29) is 24.4 Å². The number of primary amides is 1. The molecular weight excluding hydrogens is 489 g/mol. The number of fused-ring (bicyclic) bond motifs is 3. The number of aliphatic hydroxyl groups excluding tert-OH is 3. The second kappa shape index (κ2) is 9.21. The summed E-state index contributed by atoms with van der Waals surface area (Å²) >= 11 is 0. The smallest absolute Gasteiger partial charge is 0.255 e. The quantitative estimate of drug-likeness (QED) is 0.191. The first-order valence-electron chi connectivity index (χ1n) is 11.8. The van der Waals surface area contributed by atoms with Crippen molar-refractivity contribution in [2.24, 2.45) is 17.6 Å². The Hall–Kier alpha value is -3.32. The number of halogens is 1. The van der Waals surface area contributed by atoms with E-state index in [0.29, 0.717) is 11.1 Å². The predicted octanol–water partition coefficient (Wildman–Crippen LogP) is -0.445. The van der Waals surface area contributed by atoms with Crippen LogP contribution in [-0.4, -0.2) is 93.0 Å². The number of ketones is 2. The number of likely N-dealkylation sites (N-methyl/N-ethyl adjacent to an activating group) is 1. The lowest BCUT2D eigenvalue weighted by Crippen LogP contribution is -2.70. The van der Waals surface area contributed by atoms with Gasteiger partial charge in [-0.2, -0.15) is 0 Å². The lowest BCUT2D eigenvalue weighted by atomic mass is 9.54. The number of alkyl halides is 1. The van der Waals surface area contributed by atoms with Gasteiger partial charge in [0.05, 0.1) is 23.6 Å². The third kappa shape index (κ3) is 3.58. The predicted molar refractivity (Wildman–Crippen MR) is 128 cm³/mol. The fourth-order valence-corrected chi connectivity index (χ4v) is 6.09. The van der Waals surface area contributed by atoms with Crippen molar-refractivity contribution in [1.29, 1.82) is 0 Å². The molecule has 37 heavy (non-hydrogen) atoms. The van der Waals surface area contributed by atoms with Crippen LogP contribution in [-0.2, 0) is 20.9 Å². The van der Waals surface area contributed by atoms with Crippen molar-refractivity contribution >= 4 is 23.2 Å². The van der Waals surface area contributed by atoms with E-state index in [1.807, 2.05) is 0 Å². The molecule has 3 aliphatic carbocycles. The van der Waals surface area contributed by atoms with E-state index in [4.69, 9.17) is 5.73 Å². The van der Waals surface area contributed by atoms with Crippen molar-refractivity contribution in [3.63, 3.8) is 0 Å². The lowest BCUT2D eigenvalue weighted by Gasteiger charge is -2.53. The number of hydrogen-bond acceptors (Lipinski definition) is 10. The SMILES string of the molecule is C[C@H]1c2ccc(CNCCF)c(O)c2C(O)=C2C(=O)C3(O)C(O)=C(C(N)=O)C(=O)[C@@H](N(C)C)[C@@H]3[C@@H](O)[C@@H]21. The van der Waals surface area contributed by atoms with Crippen LogP contribution in [0.3, 0.4) is 0 Å². The van der Waals surface area contributed by atoms with Gasteiger partial charge in [-0.1, -0.05) is 19.1 Å². The molecule has 0 aromatic heterocycles. The Labute approximate surface area is 211 Å². The van der Waals surface area contributed by atoms with Crippen LogP contribution in [0.25, 0.3) is 5.76 Å². The van der Waals surface area contributed by atoms with Crippen LogP contribution in [0, 0.1) is 11.8 Å². The number of benzene rings is 1. The van der Waals surface area contributed by atoms with Gasteiger partial charge < -0.3 is 36.6 Å². The number of phenols is 1. The number of aliphatic hydroxyl groups is 4. The zero-order valence-electron chi connectivity index (χ0n) is 20.5. The summed E-state index contributed by atoms with van der Waals surface area (Å²) in [5, 5.41) is 59.1. The van der Waals surface area contributed by atoms with Crippen LogP contribution in [0.5, 0.6) is 5.75 Å². The minimum absolute atomic E-state index is 0.0285. The second-order valence-electron chi connectivity index (χ2n) is 9.95. The normalized spacial score (nSPS) is 31.4. The maximum Gasteiger partial charge on any atom is 0.255 e. The number of carbonyl (C=O) groups excluding carboxylic acids is 3. The number of nitrogens with zero attached hydrogens (tertiary/aromatic N) is 1. The second-order valence-corrected chi connectivity index (χ2v) is 9.95. The van der Waals surface area contributed by atoms with Gasteiger partial charge in [-0.05, 0) is 25.6 Å². The van der Waals surface area contributed by atoms with E-state index in [9.17, 15) is 44.3 Å². The molecule has 200 valence electrons. The molecule has 1 unspecified atom stereocenters. The number of aromatic hydroxyl groups is 1. The number of rotatable bonds is 6. The standard InChI is InChI=1S/C25H30FN3O8/c1-9-11-5-4-10(8-28-7-6-26)18(30)13(11)19(31)14-12(9)20(32)16-17(29(2)3)21(33)15(24(27)36)23(35)25(16,37)22(14)34/h4-5,9,12,16-17,20,28,30-32,35,37H,6-8H2,1-3H3,(H2,27,36)/t9-,12+,16+,17-,20-,25?/m0/s1. The van der Waals surface area contributed by atoms with Crippen molar-refractivity contribution in [2.75, 3.05) is 27.3 Å². The molecule has 11 nitrogen and oxygen atoms in total. The molecule has 3 aliphatic rings. The molecule has 1 saturated carbocycles. The number of amides is 1. The molecule has 1 fully saturated rings. The molecule has 0 bridgehead atoms. The molecule has 8 N–H and O–H groups in total. The van der Waals surface area contributed by atoms with E-state index < -0.39 is 82.3 Å². The summed E-state index contributed by atoms with van der Waals surface area (Å²) in [7, 11) is 2.89. The van der Waals surface area contributed by atoms with E-state index in [1.54, 1.807) is 19.1 Å². The number of phenolic OH excluding ortho intramolecular Hbond substituents is 1.